The molecule has 3 rings (SSSR count). The molecule has 3 aliphatic carbocycles. The molecule has 0 saturated heterocycles. The van der Waals surface area contributed by atoms with Crippen LogP contribution in [0.2, 0.25) is 0 Å². The zero-order chi connectivity index (χ0) is 23.4. The third kappa shape index (κ3) is 5.64. The van der Waals surface area contributed by atoms with Crippen LogP contribution in [0, 0.1) is 41.4 Å². The molecule has 182 valence electrons. The minimum absolute atomic E-state index is 0.0740. The molecule has 3 saturated carbocycles. The van der Waals surface area contributed by atoms with Crippen LogP contribution in [0.1, 0.15) is 78.6 Å². The molecule has 1 N–H and O–H groups in total. The Morgan fingerprint density at radius 1 is 0.969 bits per heavy atom. The van der Waals surface area contributed by atoms with Crippen LogP contribution in [0.3, 0.4) is 0 Å². The molecule has 7 nitrogen and oxygen atoms in total. The summed E-state index contributed by atoms with van der Waals surface area (Å²) in [4.78, 5) is 37.9. The molecule has 0 aromatic heterocycles. The Bertz CT molecular complexity index is 669. The first-order valence-electron chi connectivity index (χ1n) is 12.4. The van der Waals surface area contributed by atoms with Crippen LogP contribution < -0.4 is 0 Å². The summed E-state index contributed by atoms with van der Waals surface area (Å²) in [6.07, 6.45) is 8.63. The van der Waals surface area contributed by atoms with Gasteiger partial charge in [0, 0.05) is 0 Å². The monoisotopic (exact) mass is 452 g/mol. The number of rotatable bonds is 10. The number of ether oxygens (including phenoxy) is 3. The molecule has 0 aromatic rings. The molecule has 0 radical (unpaired) electrons. The van der Waals surface area contributed by atoms with Crippen molar-refractivity contribution in [2.75, 3.05) is 7.11 Å². The smallest absolute Gasteiger partial charge is 0.312 e. The fraction of sp³-hybridized carbons (Fsp3) is 0.880. The average molecular weight is 453 g/mol. The van der Waals surface area contributed by atoms with E-state index in [1.54, 1.807) is 6.92 Å². The molecule has 7 heteroatoms. The SMILES string of the molecule is COC(=O)C(C(C)C(=O)O)C(CC1C2CCC(C2)C1C)C(=O)OC(C)OC1CCCCC1. The lowest BCUT2D eigenvalue weighted by Crippen LogP contribution is -2.42. The van der Waals surface area contributed by atoms with Crippen molar-refractivity contribution >= 4 is 17.9 Å². The molecule has 0 amide bonds. The van der Waals surface area contributed by atoms with Gasteiger partial charge >= 0.3 is 17.9 Å². The second-order valence-corrected chi connectivity index (χ2v) is 10.3. The topological polar surface area (TPSA) is 99.1 Å². The molecule has 3 aliphatic rings. The van der Waals surface area contributed by atoms with Crippen LogP contribution in [0.4, 0.5) is 0 Å². The molecule has 8 atom stereocenters. The Kier molecular flexibility index (Phi) is 8.59. The summed E-state index contributed by atoms with van der Waals surface area (Å²) in [6, 6.07) is 0. The number of esters is 2. The first-order valence-corrected chi connectivity index (χ1v) is 12.4. The van der Waals surface area contributed by atoms with Crippen molar-refractivity contribution in [1.82, 2.24) is 0 Å². The fourth-order valence-electron chi connectivity index (χ4n) is 6.55. The molecule has 8 unspecified atom stereocenters. The summed E-state index contributed by atoms with van der Waals surface area (Å²) in [5, 5.41) is 9.66. The van der Waals surface area contributed by atoms with Crippen molar-refractivity contribution in [3.63, 3.8) is 0 Å². The number of carboxylic acids is 1. The predicted octanol–water partition coefficient (Wildman–Crippen LogP) is 4.42. The van der Waals surface area contributed by atoms with Gasteiger partial charge in [0.05, 0.1) is 31.0 Å². The molecule has 32 heavy (non-hydrogen) atoms. The fourth-order valence-corrected chi connectivity index (χ4v) is 6.55. The van der Waals surface area contributed by atoms with E-state index in [1.807, 2.05) is 0 Å². The minimum Gasteiger partial charge on any atom is -0.481 e. The van der Waals surface area contributed by atoms with Gasteiger partial charge in [0.1, 0.15) is 0 Å². The molecule has 2 bridgehead atoms. The maximum atomic E-state index is 13.4. The van der Waals surface area contributed by atoms with Gasteiger partial charge in [-0.3, -0.25) is 14.4 Å². The Morgan fingerprint density at radius 3 is 2.19 bits per heavy atom. The summed E-state index contributed by atoms with van der Waals surface area (Å²) in [7, 11) is 1.24. The highest BCUT2D eigenvalue weighted by Gasteiger charge is 2.50. The van der Waals surface area contributed by atoms with Gasteiger partial charge < -0.3 is 19.3 Å². The van der Waals surface area contributed by atoms with Crippen molar-refractivity contribution in [3.05, 3.63) is 0 Å². The first-order chi connectivity index (χ1) is 15.2. The van der Waals surface area contributed by atoms with Gasteiger partial charge in [-0.25, -0.2) is 0 Å². The predicted molar refractivity (Wildman–Crippen MR) is 117 cm³/mol. The second-order valence-electron chi connectivity index (χ2n) is 10.3. The lowest BCUT2D eigenvalue weighted by molar-refractivity contribution is -0.197. The number of hydrogen-bond acceptors (Lipinski definition) is 6. The van der Waals surface area contributed by atoms with Gasteiger partial charge in [0.15, 0.2) is 6.29 Å². The van der Waals surface area contributed by atoms with Crippen LogP contribution in [0.5, 0.6) is 0 Å². The zero-order valence-corrected chi connectivity index (χ0v) is 20.0. The van der Waals surface area contributed by atoms with Gasteiger partial charge in [-0.1, -0.05) is 33.1 Å². The molecule has 0 aliphatic heterocycles. The number of hydrogen-bond donors (Lipinski definition) is 1. The van der Waals surface area contributed by atoms with Gasteiger partial charge in [0.25, 0.3) is 0 Å². The number of carbonyl (C=O) groups excluding carboxylic acids is 2. The Balaban J connectivity index is 1.77. The maximum absolute atomic E-state index is 13.4. The molecule has 0 spiro atoms. The van der Waals surface area contributed by atoms with Gasteiger partial charge in [-0.05, 0) is 69.1 Å². The van der Waals surface area contributed by atoms with E-state index < -0.39 is 42.0 Å². The van der Waals surface area contributed by atoms with Crippen LogP contribution in [-0.2, 0) is 28.6 Å². The number of fused-ring (bicyclic) bond motifs is 2. The van der Waals surface area contributed by atoms with E-state index in [2.05, 4.69) is 6.92 Å². The van der Waals surface area contributed by atoms with E-state index in [0.717, 1.165) is 38.5 Å². The van der Waals surface area contributed by atoms with Gasteiger partial charge in [-0.2, -0.15) is 0 Å². The van der Waals surface area contributed by atoms with E-state index >= 15 is 0 Å². The van der Waals surface area contributed by atoms with Crippen molar-refractivity contribution in [2.24, 2.45) is 41.4 Å². The summed E-state index contributed by atoms with van der Waals surface area (Å²) in [5.74, 6) is -3.41. The van der Waals surface area contributed by atoms with Crippen molar-refractivity contribution < 1.29 is 33.7 Å². The van der Waals surface area contributed by atoms with E-state index in [1.165, 1.54) is 26.9 Å². The van der Waals surface area contributed by atoms with E-state index in [4.69, 9.17) is 14.2 Å². The molecular formula is C25H40O7. The number of methoxy groups -OCH3 is 1. The third-order valence-electron chi connectivity index (χ3n) is 8.42. The van der Waals surface area contributed by atoms with Gasteiger partial charge in [-0.15, -0.1) is 0 Å². The Morgan fingerprint density at radius 2 is 1.62 bits per heavy atom. The summed E-state index contributed by atoms with van der Waals surface area (Å²) >= 11 is 0. The highest BCUT2D eigenvalue weighted by Crippen LogP contribution is 2.54. The molecule has 0 aromatic carbocycles. The molecular weight excluding hydrogens is 412 g/mol. The molecule has 0 heterocycles. The highest BCUT2D eigenvalue weighted by molar-refractivity contribution is 5.86. The van der Waals surface area contributed by atoms with Crippen molar-refractivity contribution in [2.45, 2.75) is 91.0 Å². The van der Waals surface area contributed by atoms with Crippen LogP contribution >= 0.6 is 0 Å². The first kappa shape index (κ1) is 25.0. The van der Waals surface area contributed by atoms with Crippen molar-refractivity contribution in [1.29, 1.82) is 0 Å². The largest absolute Gasteiger partial charge is 0.481 e. The summed E-state index contributed by atoms with van der Waals surface area (Å²) < 4.78 is 16.6. The number of aliphatic carboxylic acids is 1. The van der Waals surface area contributed by atoms with Crippen LogP contribution in [0.15, 0.2) is 0 Å². The zero-order valence-electron chi connectivity index (χ0n) is 20.0. The number of carbonyl (C=O) groups is 3. The van der Waals surface area contributed by atoms with Gasteiger partial charge in [0.2, 0.25) is 0 Å². The van der Waals surface area contributed by atoms with Crippen LogP contribution in [0.25, 0.3) is 0 Å². The van der Waals surface area contributed by atoms with E-state index in [-0.39, 0.29) is 12.0 Å². The van der Waals surface area contributed by atoms with E-state index in [9.17, 15) is 19.5 Å². The average Bonchev–Trinajstić information content (AvgIpc) is 3.35. The third-order valence-corrected chi connectivity index (χ3v) is 8.42. The minimum atomic E-state index is -1.12. The quantitative estimate of drug-likeness (QED) is 0.387. The van der Waals surface area contributed by atoms with E-state index in [0.29, 0.717) is 24.2 Å². The highest BCUT2D eigenvalue weighted by atomic mass is 16.7. The number of carboxylic acid groups (broad SMARTS) is 1. The summed E-state index contributed by atoms with van der Waals surface area (Å²) in [5.41, 5.74) is 0. The van der Waals surface area contributed by atoms with Crippen molar-refractivity contribution in [3.8, 4) is 0 Å². The molecule has 3 fully saturated rings. The Labute approximate surface area is 191 Å². The lowest BCUT2D eigenvalue weighted by Gasteiger charge is -2.34. The second kappa shape index (κ2) is 11.0. The normalized spacial score (nSPS) is 31.5. The summed E-state index contributed by atoms with van der Waals surface area (Å²) in [6.45, 7) is 5.40. The standard InChI is InChI=1S/C25H40O7/c1-14-17-10-11-18(12-17)20(14)13-21(22(25(29)30-4)15(2)23(26)27)24(28)32-16(3)31-19-8-6-5-7-9-19/h14-22H,5-13H2,1-4H3,(H,26,27). The maximum Gasteiger partial charge on any atom is 0.312 e. The lowest BCUT2D eigenvalue weighted by atomic mass is 9.71. The van der Waals surface area contributed by atoms with Crippen LogP contribution in [-0.4, -0.2) is 42.5 Å². The Hall–Kier alpha value is -1.63.